The number of nitrogens with two attached hydrogens (primary N) is 1. The fourth-order valence-electron chi connectivity index (χ4n) is 1.60. The van der Waals surface area contributed by atoms with Crippen LogP contribution in [0, 0.1) is 0 Å². The number of nitrogens with zero attached hydrogens (tertiary/aromatic N) is 1. The van der Waals surface area contributed by atoms with Crippen molar-refractivity contribution in [3.05, 3.63) is 16.3 Å². The van der Waals surface area contributed by atoms with Crippen molar-refractivity contribution in [1.82, 2.24) is 10.2 Å². The van der Waals surface area contributed by atoms with Crippen LogP contribution in [-0.2, 0) is 9.59 Å². The van der Waals surface area contributed by atoms with Crippen molar-refractivity contribution in [3.8, 4) is 0 Å². The molecule has 1 aliphatic heterocycles. The Kier molecular flexibility index (Phi) is 2.84. The Bertz CT molecular complexity index is 497. The lowest BCUT2D eigenvalue weighted by Crippen LogP contribution is -2.40. The number of anilines is 1. The lowest BCUT2D eigenvalue weighted by atomic mass is 10.2. The number of likely N-dealkylation sites (tertiary alicyclic amines) is 1. The van der Waals surface area contributed by atoms with Gasteiger partial charge in [-0.2, -0.15) is 0 Å². The largest absolute Gasteiger partial charge is 0.397 e. The summed E-state index contributed by atoms with van der Waals surface area (Å²) in [6, 6.07) is 0.842. The molecule has 1 unspecified atom stereocenters. The summed E-state index contributed by atoms with van der Waals surface area (Å²) in [5.41, 5.74) is 5.97. The van der Waals surface area contributed by atoms with Crippen molar-refractivity contribution in [2.45, 2.75) is 12.5 Å². The van der Waals surface area contributed by atoms with Crippen molar-refractivity contribution < 1.29 is 14.4 Å². The number of nitrogen functional groups attached to an aromatic ring is 1. The van der Waals surface area contributed by atoms with Crippen LogP contribution in [0.2, 0.25) is 0 Å². The average Bonchev–Trinajstić information content (AvgIpc) is 2.80. The van der Waals surface area contributed by atoms with Gasteiger partial charge in [0.2, 0.25) is 5.91 Å². The average molecular weight is 253 g/mol. The second-order valence-electron chi connectivity index (χ2n) is 3.73. The number of imide groups is 1. The number of rotatable bonds is 2. The van der Waals surface area contributed by atoms with Gasteiger partial charge in [-0.05, 0) is 11.4 Å². The molecule has 0 aromatic carbocycles. The third-order valence-corrected chi connectivity index (χ3v) is 3.52. The molecule has 1 aliphatic rings. The van der Waals surface area contributed by atoms with E-state index < -0.39 is 17.9 Å². The van der Waals surface area contributed by atoms with E-state index in [0.717, 1.165) is 4.90 Å². The Labute approximate surface area is 101 Å². The van der Waals surface area contributed by atoms with Crippen LogP contribution in [-0.4, -0.2) is 35.7 Å². The van der Waals surface area contributed by atoms with Gasteiger partial charge in [0.15, 0.2) is 0 Å². The molecule has 2 heterocycles. The van der Waals surface area contributed by atoms with E-state index in [2.05, 4.69) is 5.32 Å². The summed E-state index contributed by atoms with van der Waals surface area (Å²) in [4.78, 5) is 36.0. The summed E-state index contributed by atoms with van der Waals surface area (Å²) in [6.07, 6.45) is 0.00630. The van der Waals surface area contributed by atoms with Gasteiger partial charge in [0, 0.05) is 7.05 Å². The monoisotopic (exact) mass is 253 g/mol. The molecule has 0 aliphatic carbocycles. The molecule has 3 N–H and O–H groups in total. The molecule has 17 heavy (non-hydrogen) atoms. The maximum atomic E-state index is 11.8. The highest BCUT2D eigenvalue weighted by Crippen LogP contribution is 2.19. The quantitative estimate of drug-likeness (QED) is 0.715. The minimum absolute atomic E-state index is 0.00630. The van der Waals surface area contributed by atoms with Gasteiger partial charge in [0.1, 0.15) is 10.9 Å². The maximum Gasteiger partial charge on any atom is 0.264 e. The predicted molar refractivity (Wildman–Crippen MR) is 62.4 cm³/mol. The molecule has 7 heteroatoms. The zero-order valence-electron chi connectivity index (χ0n) is 9.10. The van der Waals surface area contributed by atoms with Crippen molar-refractivity contribution >= 4 is 34.7 Å². The fraction of sp³-hybridized carbons (Fsp3) is 0.300. The van der Waals surface area contributed by atoms with Gasteiger partial charge in [-0.15, -0.1) is 11.3 Å². The molecular formula is C10H11N3O3S. The molecule has 0 radical (unpaired) electrons. The minimum Gasteiger partial charge on any atom is -0.397 e. The summed E-state index contributed by atoms with van der Waals surface area (Å²) < 4.78 is 0. The van der Waals surface area contributed by atoms with Crippen LogP contribution >= 0.6 is 11.3 Å². The van der Waals surface area contributed by atoms with Crippen molar-refractivity contribution in [2.75, 3.05) is 12.8 Å². The van der Waals surface area contributed by atoms with E-state index in [4.69, 9.17) is 5.73 Å². The second-order valence-corrected chi connectivity index (χ2v) is 4.64. The molecule has 0 spiro atoms. The Morgan fingerprint density at radius 1 is 1.59 bits per heavy atom. The smallest absolute Gasteiger partial charge is 0.264 e. The van der Waals surface area contributed by atoms with Crippen molar-refractivity contribution in [1.29, 1.82) is 0 Å². The molecule has 1 aromatic heterocycles. The lowest BCUT2D eigenvalue weighted by molar-refractivity contribution is -0.137. The van der Waals surface area contributed by atoms with Gasteiger partial charge in [-0.1, -0.05) is 0 Å². The Morgan fingerprint density at radius 3 is 2.76 bits per heavy atom. The molecule has 2 rings (SSSR count). The fourth-order valence-corrected chi connectivity index (χ4v) is 2.32. The number of carbonyl (C=O) groups excluding carboxylic acids is 3. The third-order valence-electron chi connectivity index (χ3n) is 2.59. The summed E-state index contributed by atoms with van der Waals surface area (Å²) >= 11 is 1.20. The van der Waals surface area contributed by atoms with Crippen LogP contribution in [0.3, 0.4) is 0 Å². The van der Waals surface area contributed by atoms with Gasteiger partial charge in [-0.25, -0.2) is 0 Å². The van der Waals surface area contributed by atoms with Crippen LogP contribution < -0.4 is 11.1 Å². The van der Waals surface area contributed by atoms with Crippen molar-refractivity contribution in [3.63, 3.8) is 0 Å². The number of hydrogen-bond donors (Lipinski definition) is 2. The normalized spacial score (nSPS) is 19.8. The summed E-state index contributed by atoms with van der Waals surface area (Å²) in [6.45, 7) is 0. The van der Waals surface area contributed by atoms with Crippen molar-refractivity contribution in [2.24, 2.45) is 0 Å². The topological polar surface area (TPSA) is 92.5 Å². The van der Waals surface area contributed by atoms with Gasteiger partial charge < -0.3 is 11.1 Å². The lowest BCUT2D eigenvalue weighted by Gasteiger charge is -2.10. The SMILES string of the molecule is CN1C(=O)CC(NC(=O)c2sccc2N)C1=O. The Hall–Kier alpha value is -1.89. The van der Waals surface area contributed by atoms with Crippen LogP contribution in [0.1, 0.15) is 16.1 Å². The van der Waals surface area contributed by atoms with Gasteiger partial charge >= 0.3 is 0 Å². The van der Waals surface area contributed by atoms with E-state index in [-0.39, 0.29) is 12.3 Å². The molecule has 0 bridgehead atoms. The van der Waals surface area contributed by atoms with E-state index in [1.807, 2.05) is 0 Å². The number of amides is 3. The Morgan fingerprint density at radius 2 is 2.29 bits per heavy atom. The van der Waals surface area contributed by atoms with E-state index in [0.29, 0.717) is 10.6 Å². The molecule has 1 fully saturated rings. The zero-order chi connectivity index (χ0) is 12.6. The van der Waals surface area contributed by atoms with Crippen LogP contribution in [0.15, 0.2) is 11.4 Å². The molecule has 1 atom stereocenters. The first kappa shape index (κ1) is 11.6. The number of hydrogen-bond acceptors (Lipinski definition) is 5. The number of nitrogens with one attached hydrogen (secondary N) is 1. The highest BCUT2D eigenvalue weighted by Gasteiger charge is 2.37. The second kappa shape index (κ2) is 4.17. The van der Waals surface area contributed by atoms with E-state index in [9.17, 15) is 14.4 Å². The zero-order valence-corrected chi connectivity index (χ0v) is 9.91. The van der Waals surface area contributed by atoms with Crippen LogP contribution in [0.25, 0.3) is 0 Å². The third kappa shape index (κ3) is 2.01. The molecule has 1 aromatic rings. The molecular weight excluding hydrogens is 242 g/mol. The number of likely N-dealkylation sites (N-methyl/N-ethyl adjacent to an activating group) is 1. The summed E-state index contributed by atoms with van der Waals surface area (Å²) in [7, 11) is 1.40. The van der Waals surface area contributed by atoms with Gasteiger partial charge in [-0.3, -0.25) is 19.3 Å². The first-order chi connectivity index (χ1) is 8.00. The molecule has 90 valence electrons. The maximum absolute atomic E-state index is 11.8. The standard InChI is InChI=1S/C10H11N3O3S/c1-13-7(14)4-6(10(13)16)12-9(15)8-5(11)2-3-17-8/h2-3,6H,4,11H2,1H3,(H,12,15). The Balaban J connectivity index is 2.08. The van der Waals surface area contributed by atoms with Gasteiger partial charge in [0.25, 0.3) is 11.8 Å². The summed E-state index contributed by atoms with van der Waals surface area (Å²) in [5, 5.41) is 4.20. The van der Waals surface area contributed by atoms with E-state index in [1.165, 1.54) is 18.4 Å². The number of carbonyl (C=O) groups is 3. The minimum atomic E-state index is -0.776. The predicted octanol–water partition coefficient (Wildman–Crippen LogP) is -0.183. The molecule has 3 amide bonds. The van der Waals surface area contributed by atoms with Crippen LogP contribution in [0.5, 0.6) is 0 Å². The van der Waals surface area contributed by atoms with Gasteiger partial charge in [0.05, 0.1) is 12.1 Å². The first-order valence-electron chi connectivity index (χ1n) is 4.95. The number of thiophene rings is 1. The highest BCUT2D eigenvalue weighted by atomic mass is 32.1. The summed E-state index contributed by atoms with van der Waals surface area (Å²) in [5.74, 6) is -1.10. The van der Waals surface area contributed by atoms with E-state index in [1.54, 1.807) is 11.4 Å². The van der Waals surface area contributed by atoms with Crippen LogP contribution in [0.4, 0.5) is 5.69 Å². The molecule has 1 saturated heterocycles. The van der Waals surface area contributed by atoms with E-state index >= 15 is 0 Å². The molecule has 6 nitrogen and oxygen atoms in total. The highest BCUT2D eigenvalue weighted by molar-refractivity contribution is 7.12. The molecule has 0 saturated carbocycles. The first-order valence-corrected chi connectivity index (χ1v) is 5.83.